The van der Waals surface area contributed by atoms with Gasteiger partial charge in [-0.2, -0.15) is 5.10 Å². The van der Waals surface area contributed by atoms with Gasteiger partial charge in [-0.25, -0.2) is 4.68 Å². The number of hydrogen-bond donors (Lipinski definition) is 1. The molecule has 1 N–H and O–H groups in total. The number of benzene rings is 1. The molecule has 0 unspecified atom stereocenters. The predicted molar refractivity (Wildman–Crippen MR) is 72.6 cm³/mol. The summed E-state index contributed by atoms with van der Waals surface area (Å²) < 4.78 is 1.17. The highest BCUT2D eigenvalue weighted by molar-refractivity contribution is 5.75. The predicted octanol–water partition coefficient (Wildman–Crippen LogP) is 1.05. The van der Waals surface area contributed by atoms with Crippen molar-refractivity contribution < 1.29 is 4.79 Å². The fourth-order valence-corrected chi connectivity index (χ4v) is 1.71. The van der Waals surface area contributed by atoms with Crippen LogP contribution in [0.4, 0.5) is 0 Å². The first-order chi connectivity index (χ1) is 9.20. The molecule has 0 bridgehead atoms. The van der Waals surface area contributed by atoms with Crippen molar-refractivity contribution in [2.75, 3.05) is 6.54 Å². The van der Waals surface area contributed by atoms with E-state index in [9.17, 15) is 9.59 Å². The Morgan fingerprint density at radius 1 is 1.21 bits per heavy atom. The zero-order valence-corrected chi connectivity index (χ0v) is 10.7. The van der Waals surface area contributed by atoms with Crippen molar-refractivity contribution in [2.24, 2.45) is 0 Å². The third-order valence-electron chi connectivity index (χ3n) is 2.60. The summed E-state index contributed by atoms with van der Waals surface area (Å²) in [5.41, 5.74) is 1.29. The number of carbonyl (C=O) groups excluding carboxylic acids is 1. The van der Waals surface area contributed by atoms with Crippen molar-refractivity contribution in [3.05, 3.63) is 52.8 Å². The first-order valence-corrected chi connectivity index (χ1v) is 6.11. The minimum absolute atomic E-state index is 0.0622. The van der Waals surface area contributed by atoms with Gasteiger partial charge in [0.05, 0.1) is 5.69 Å². The van der Waals surface area contributed by atoms with E-state index < -0.39 is 0 Å². The van der Waals surface area contributed by atoms with Gasteiger partial charge in [0.2, 0.25) is 5.91 Å². The Labute approximate surface area is 110 Å². The lowest BCUT2D eigenvalue weighted by atomic mass is 10.1. The van der Waals surface area contributed by atoms with Gasteiger partial charge >= 0.3 is 0 Å². The number of hydrogen-bond acceptors (Lipinski definition) is 3. The third-order valence-corrected chi connectivity index (χ3v) is 2.60. The van der Waals surface area contributed by atoms with Crippen LogP contribution in [0.3, 0.4) is 0 Å². The number of amides is 1. The largest absolute Gasteiger partial charge is 0.355 e. The molecule has 0 aliphatic rings. The molecule has 1 aromatic heterocycles. The Morgan fingerprint density at radius 3 is 2.63 bits per heavy atom. The summed E-state index contributed by atoms with van der Waals surface area (Å²) in [5, 5.41) is 6.85. The van der Waals surface area contributed by atoms with Crippen LogP contribution in [0.1, 0.15) is 6.92 Å². The van der Waals surface area contributed by atoms with Crippen molar-refractivity contribution in [1.82, 2.24) is 15.1 Å². The van der Waals surface area contributed by atoms with Crippen molar-refractivity contribution >= 4 is 5.91 Å². The molecule has 98 valence electrons. The molecule has 0 radical (unpaired) electrons. The van der Waals surface area contributed by atoms with E-state index in [0.717, 1.165) is 5.56 Å². The van der Waals surface area contributed by atoms with Crippen LogP contribution < -0.4 is 10.9 Å². The van der Waals surface area contributed by atoms with Crippen molar-refractivity contribution in [3.8, 4) is 11.3 Å². The highest BCUT2D eigenvalue weighted by Gasteiger charge is 2.06. The summed E-state index contributed by atoms with van der Waals surface area (Å²) in [6.45, 7) is 2.30. The number of nitrogens with one attached hydrogen (secondary N) is 1. The Morgan fingerprint density at radius 2 is 1.95 bits per heavy atom. The van der Waals surface area contributed by atoms with E-state index in [1.807, 2.05) is 37.3 Å². The summed E-state index contributed by atoms with van der Waals surface area (Å²) in [6.07, 6.45) is 0. The summed E-state index contributed by atoms with van der Waals surface area (Å²) in [7, 11) is 0. The maximum atomic E-state index is 11.7. The number of likely N-dealkylation sites (N-methyl/N-ethyl adjacent to an activating group) is 1. The Bertz CT molecular complexity index is 620. The quantitative estimate of drug-likeness (QED) is 0.890. The smallest absolute Gasteiger partial charge is 0.267 e. The van der Waals surface area contributed by atoms with E-state index in [-0.39, 0.29) is 18.0 Å². The van der Waals surface area contributed by atoms with E-state index in [1.165, 1.54) is 10.7 Å². The van der Waals surface area contributed by atoms with E-state index in [0.29, 0.717) is 12.2 Å². The molecule has 1 aromatic carbocycles. The fraction of sp³-hybridized carbons (Fsp3) is 0.214. The zero-order chi connectivity index (χ0) is 13.7. The van der Waals surface area contributed by atoms with Crippen LogP contribution in [-0.2, 0) is 11.3 Å². The molecule has 19 heavy (non-hydrogen) atoms. The molecular formula is C14H15N3O2. The van der Waals surface area contributed by atoms with Crippen LogP contribution in [-0.4, -0.2) is 22.2 Å². The van der Waals surface area contributed by atoms with Gasteiger partial charge < -0.3 is 5.32 Å². The van der Waals surface area contributed by atoms with E-state index >= 15 is 0 Å². The van der Waals surface area contributed by atoms with E-state index in [4.69, 9.17) is 0 Å². The lowest BCUT2D eigenvalue weighted by molar-refractivity contribution is -0.121. The van der Waals surface area contributed by atoms with Crippen molar-refractivity contribution in [1.29, 1.82) is 0 Å². The molecule has 0 aliphatic heterocycles. The van der Waals surface area contributed by atoms with Gasteiger partial charge in [0, 0.05) is 18.2 Å². The normalized spacial score (nSPS) is 10.2. The number of carbonyl (C=O) groups is 1. The maximum Gasteiger partial charge on any atom is 0.267 e. The summed E-state index contributed by atoms with van der Waals surface area (Å²) >= 11 is 0. The summed E-state index contributed by atoms with van der Waals surface area (Å²) in [4.78, 5) is 23.2. The second-order valence-corrected chi connectivity index (χ2v) is 4.03. The number of aromatic nitrogens is 2. The van der Waals surface area contributed by atoms with Crippen LogP contribution >= 0.6 is 0 Å². The third kappa shape index (κ3) is 3.28. The molecular weight excluding hydrogens is 242 g/mol. The topological polar surface area (TPSA) is 64.0 Å². The van der Waals surface area contributed by atoms with Crippen LogP contribution in [0, 0.1) is 0 Å². The SMILES string of the molecule is CCNC(=O)Cn1nc(-c2ccccc2)ccc1=O. The lowest BCUT2D eigenvalue weighted by Crippen LogP contribution is -2.33. The van der Waals surface area contributed by atoms with E-state index in [1.54, 1.807) is 6.07 Å². The van der Waals surface area contributed by atoms with Crippen LogP contribution in [0.2, 0.25) is 0 Å². The van der Waals surface area contributed by atoms with Gasteiger partial charge in [0.15, 0.2) is 0 Å². The Balaban J connectivity index is 2.30. The van der Waals surface area contributed by atoms with Crippen LogP contribution in [0.15, 0.2) is 47.3 Å². The first kappa shape index (κ1) is 13.0. The standard InChI is InChI=1S/C14H15N3O2/c1-2-15-13(18)10-17-14(19)9-8-12(16-17)11-6-4-3-5-7-11/h3-9H,2,10H2,1H3,(H,15,18). The zero-order valence-electron chi connectivity index (χ0n) is 10.7. The molecule has 0 saturated carbocycles. The van der Waals surface area contributed by atoms with Gasteiger partial charge in [-0.1, -0.05) is 30.3 Å². The average molecular weight is 257 g/mol. The summed E-state index contributed by atoms with van der Waals surface area (Å²) in [5.74, 6) is -0.220. The molecule has 0 saturated heterocycles. The molecule has 1 amide bonds. The maximum absolute atomic E-state index is 11.7. The minimum atomic E-state index is -0.286. The van der Waals surface area contributed by atoms with Gasteiger partial charge in [-0.3, -0.25) is 9.59 Å². The van der Waals surface area contributed by atoms with Gasteiger partial charge in [-0.05, 0) is 13.0 Å². The molecule has 0 spiro atoms. The molecule has 0 atom stereocenters. The average Bonchev–Trinajstić information content (AvgIpc) is 2.42. The highest BCUT2D eigenvalue weighted by atomic mass is 16.2. The molecule has 2 rings (SSSR count). The summed E-state index contributed by atoms with van der Waals surface area (Å²) in [6, 6.07) is 12.6. The first-order valence-electron chi connectivity index (χ1n) is 6.11. The van der Waals surface area contributed by atoms with Gasteiger partial charge in [0.25, 0.3) is 5.56 Å². The highest BCUT2D eigenvalue weighted by Crippen LogP contribution is 2.13. The number of nitrogens with zero attached hydrogens (tertiary/aromatic N) is 2. The Hall–Kier alpha value is -2.43. The minimum Gasteiger partial charge on any atom is -0.355 e. The molecule has 0 aliphatic carbocycles. The number of rotatable bonds is 4. The van der Waals surface area contributed by atoms with Crippen molar-refractivity contribution in [3.63, 3.8) is 0 Å². The molecule has 5 heteroatoms. The Kier molecular flexibility index (Phi) is 4.07. The monoisotopic (exact) mass is 257 g/mol. The van der Waals surface area contributed by atoms with Crippen molar-refractivity contribution in [2.45, 2.75) is 13.5 Å². The fourth-order valence-electron chi connectivity index (χ4n) is 1.71. The second kappa shape index (κ2) is 5.95. The second-order valence-electron chi connectivity index (χ2n) is 4.03. The molecule has 5 nitrogen and oxygen atoms in total. The van der Waals surface area contributed by atoms with Crippen LogP contribution in [0.5, 0.6) is 0 Å². The van der Waals surface area contributed by atoms with Gasteiger partial charge in [-0.15, -0.1) is 0 Å². The van der Waals surface area contributed by atoms with E-state index in [2.05, 4.69) is 10.4 Å². The molecule has 0 fully saturated rings. The molecule has 1 heterocycles. The molecule has 2 aromatic rings. The van der Waals surface area contributed by atoms with Gasteiger partial charge in [0.1, 0.15) is 6.54 Å². The lowest BCUT2D eigenvalue weighted by Gasteiger charge is -2.07. The van der Waals surface area contributed by atoms with Crippen LogP contribution in [0.25, 0.3) is 11.3 Å².